The minimum atomic E-state index is -3.99. The van der Waals surface area contributed by atoms with E-state index in [0.717, 1.165) is 5.56 Å². The van der Waals surface area contributed by atoms with Crippen LogP contribution in [0.15, 0.2) is 83.8 Å². The Balaban J connectivity index is 1.74. The van der Waals surface area contributed by atoms with Gasteiger partial charge in [0.2, 0.25) is 10.0 Å². The molecule has 180 valence electrons. The molecule has 1 aliphatic rings. The highest BCUT2D eigenvalue weighted by Gasteiger charge is 2.37. The molecular formula is C27H27N3O4S. The molecule has 0 aliphatic carbocycles. The highest BCUT2D eigenvalue weighted by atomic mass is 32.2. The van der Waals surface area contributed by atoms with E-state index in [1.807, 2.05) is 30.3 Å². The Morgan fingerprint density at radius 3 is 2.26 bits per heavy atom. The Labute approximate surface area is 205 Å². The fourth-order valence-corrected chi connectivity index (χ4v) is 4.52. The number of benzene rings is 3. The quantitative estimate of drug-likeness (QED) is 0.530. The van der Waals surface area contributed by atoms with Gasteiger partial charge in [0.15, 0.2) is 0 Å². The number of anilines is 2. The Bertz CT molecular complexity index is 1410. The molecule has 1 heterocycles. The van der Waals surface area contributed by atoms with Crippen molar-refractivity contribution in [3.8, 4) is 0 Å². The van der Waals surface area contributed by atoms with E-state index in [2.05, 4.69) is 26.1 Å². The second-order valence-corrected chi connectivity index (χ2v) is 11.0. The van der Waals surface area contributed by atoms with Gasteiger partial charge >= 0.3 is 0 Å². The lowest BCUT2D eigenvalue weighted by Crippen LogP contribution is -2.44. The number of sulfonamides is 1. The third kappa shape index (κ3) is 5.18. The summed E-state index contributed by atoms with van der Waals surface area (Å²) in [6.45, 7) is 6.39. The predicted molar refractivity (Wildman–Crippen MR) is 137 cm³/mol. The first-order valence-electron chi connectivity index (χ1n) is 11.1. The minimum absolute atomic E-state index is 0.0156. The summed E-state index contributed by atoms with van der Waals surface area (Å²) in [4.78, 5) is 27.8. The van der Waals surface area contributed by atoms with Crippen molar-refractivity contribution in [2.24, 2.45) is 5.14 Å². The molecular weight excluding hydrogens is 462 g/mol. The maximum atomic E-state index is 13.5. The third-order valence-electron chi connectivity index (χ3n) is 5.87. The van der Waals surface area contributed by atoms with Gasteiger partial charge < -0.3 is 5.32 Å². The first-order valence-corrected chi connectivity index (χ1v) is 12.6. The van der Waals surface area contributed by atoms with E-state index in [0.29, 0.717) is 11.3 Å². The summed E-state index contributed by atoms with van der Waals surface area (Å²) >= 11 is 0. The van der Waals surface area contributed by atoms with Crippen molar-refractivity contribution in [3.63, 3.8) is 0 Å². The lowest BCUT2D eigenvalue weighted by Gasteiger charge is -2.36. The Hall–Kier alpha value is -3.75. The second-order valence-electron chi connectivity index (χ2n) is 9.44. The third-order valence-corrected chi connectivity index (χ3v) is 6.78. The van der Waals surface area contributed by atoms with Crippen LogP contribution in [0.25, 0.3) is 6.08 Å². The molecule has 0 spiro atoms. The summed E-state index contributed by atoms with van der Waals surface area (Å²) in [5.74, 6) is -0.871. The number of nitrogens with one attached hydrogen (secondary N) is 1. The van der Waals surface area contributed by atoms with Crippen molar-refractivity contribution in [2.45, 2.75) is 37.1 Å². The molecule has 3 N–H and O–H groups in total. The predicted octanol–water partition coefficient (Wildman–Crippen LogP) is 4.37. The zero-order valence-corrected chi connectivity index (χ0v) is 20.5. The Morgan fingerprint density at radius 2 is 1.66 bits per heavy atom. The number of nitrogens with zero attached hydrogens (tertiary/aromatic N) is 1. The van der Waals surface area contributed by atoms with E-state index in [-0.39, 0.29) is 16.0 Å². The van der Waals surface area contributed by atoms with Crippen LogP contribution < -0.4 is 15.4 Å². The maximum absolute atomic E-state index is 13.5. The van der Waals surface area contributed by atoms with Gasteiger partial charge in [-0.05, 0) is 46.4 Å². The van der Waals surface area contributed by atoms with Gasteiger partial charge in [-0.2, -0.15) is 0 Å². The van der Waals surface area contributed by atoms with E-state index in [4.69, 9.17) is 5.14 Å². The summed E-state index contributed by atoms with van der Waals surface area (Å²) in [6, 6.07) is 20.0. The maximum Gasteiger partial charge on any atom is 0.252 e. The lowest BCUT2D eigenvalue weighted by atomic mass is 9.87. The molecule has 3 aromatic carbocycles. The Morgan fingerprint density at radius 1 is 1.00 bits per heavy atom. The zero-order chi connectivity index (χ0) is 25.4. The van der Waals surface area contributed by atoms with Crippen LogP contribution >= 0.6 is 0 Å². The molecule has 3 aromatic rings. The normalized spacial score (nSPS) is 16.2. The molecule has 0 bridgehead atoms. The number of primary sulfonamides is 1. The van der Waals surface area contributed by atoms with Crippen molar-refractivity contribution in [1.29, 1.82) is 0 Å². The van der Waals surface area contributed by atoms with E-state index >= 15 is 0 Å². The van der Waals surface area contributed by atoms with Gasteiger partial charge in [-0.25, -0.2) is 13.6 Å². The summed E-state index contributed by atoms with van der Waals surface area (Å²) in [5, 5.41) is 7.98. The van der Waals surface area contributed by atoms with E-state index in [1.165, 1.54) is 34.7 Å². The fourth-order valence-electron chi connectivity index (χ4n) is 3.98. The highest BCUT2D eigenvalue weighted by Crippen LogP contribution is 2.39. The Kier molecular flexibility index (Phi) is 6.36. The van der Waals surface area contributed by atoms with Crippen LogP contribution in [0, 0.1) is 0 Å². The molecule has 8 heteroatoms. The summed E-state index contributed by atoms with van der Waals surface area (Å²) in [6.07, 6.45) is 3.11. The number of nitrogens with two attached hydrogens (primary N) is 1. The SMILES string of the molecule is CC(C)(C)c1ccc(/C=C/C(=O)N2c3ccc(S(N)(=O)=O)cc3NC(=O)C2c2ccccc2)cc1. The molecule has 0 radical (unpaired) electrons. The van der Waals surface area contributed by atoms with Crippen molar-refractivity contribution in [3.05, 3.63) is 95.6 Å². The van der Waals surface area contributed by atoms with Gasteiger partial charge in [0.25, 0.3) is 11.8 Å². The van der Waals surface area contributed by atoms with E-state index < -0.39 is 27.9 Å². The van der Waals surface area contributed by atoms with Gasteiger partial charge in [-0.15, -0.1) is 0 Å². The molecule has 1 atom stereocenters. The summed E-state index contributed by atoms with van der Waals surface area (Å²) in [7, 11) is -3.99. The molecule has 0 fully saturated rings. The summed E-state index contributed by atoms with van der Waals surface area (Å²) < 4.78 is 23.6. The van der Waals surface area contributed by atoms with Crippen molar-refractivity contribution in [1.82, 2.24) is 0 Å². The van der Waals surface area contributed by atoms with Crippen LogP contribution in [-0.4, -0.2) is 20.2 Å². The van der Waals surface area contributed by atoms with E-state index in [9.17, 15) is 18.0 Å². The largest absolute Gasteiger partial charge is 0.322 e. The number of rotatable bonds is 4. The molecule has 0 saturated heterocycles. The topological polar surface area (TPSA) is 110 Å². The number of carbonyl (C=O) groups excluding carboxylic acids is 2. The van der Waals surface area contributed by atoms with Crippen LogP contribution in [-0.2, 0) is 25.0 Å². The van der Waals surface area contributed by atoms with Crippen LogP contribution in [0.4, 0.5) is 11.4 Å². The molecule has 0 aromatic heterocycles. The van der Waals surface area contributed by atoms with E-state index in [1.54, 1.807) is 30.3 Å². The van der Waals surface area contributed by atoms with Crippen LogP contribution in [0.1, 0.15) is 43.5 Å². The molecule has 35 heavy (non-hydrogen) atoms. The van der Waals surface area contributed by atoms with Gasteiger partial charge in [0.05, 0.1) is 16.3 Å². The van der Waals surface area contributed by atoms with Crippen LogP contribution in [0.2, 0.25) is 0 Å². The number of hydrogen-bond acceptors (Lipinski definition) is 4. The standard InChI is InChI=1S/C27H27N3O4S/c1-27(2,3)20-12-9-18(10-13-20)11-16-24(31)30-23-15-14-21(35(28,33)34)17-22(23)29-26(32)25(30)19-7-5-4-6-8-19/h4-17,25H,1-3H3,(H,29,32)(H2,28,33,34)/b16-11+. The first kappa shape index (κ1) is 24.4. The average molecular weight is 490 g/mol. The van der Waals surface area contributed by atoms with Crippen molar-refractivity contribution >= 4 is 39.3 Å². The van der Waals surface area contributed by atoms with Gasteiger partial charge in [0, 0.05) is 6.08 Å². The first-order chi connectivity index (χ1) is 16.4. The van der Waals surface area contributed by atoms with Crippen LogP contribution in [0.3, 0.4) is 0 Å². The van der Waals surface area contributed by atoms with Gasteiger partial charge in [-0.3, -0.25) is 14.5 Å². The van der Waals surface area contributed by atoms with Gasteiger partial charge in [0.1, 0.15) is 6.04 Å². The molecule has 7 nitrogen and oxygen atoms in total. The molecule has 0 saturated carbocycles. The second kappa shape index (κ2) is 9.13. The van der Waals surface area contributed by atoms with Crippen molar-refractivity contribution in [2.75, 3.05) is 10.2 Å². The smallest absolute Gasteiger partial charge is 0.252 e. The lowest BCUT2D eigenvalue weighted by molar-refractivity contribution is -0.121. The monoisotopic (exact) mass is 489 g/mol. The number of amides is 2. The number of fused-ring (bicyclic) bond motifs is 1. The molecule has 2 amide bonds. The fraction of sp³-hybridized carbons (Fsp3) is 0.185. The summed E-state index contributed by atoms with van der Waals surface area (Å²) in [5.41, 5.74) is 3.24. The zero-order valence-electron chi connectivity index (χ0n) is 19.7. The van der Waals surface area contributed by atoms with Gasteiger partial charge in [-0.1, -0.05) is 75.4 Å². The van der Waals surface area contributed by atoms with Crippen LogP contribution in [0.5, 0.6) is 0 Å². The molecule has 1 aliphatic heterocycles. The highest BCUT2D eigenvalue weighted by molar-refractivity contribution is 7.89. The van der Waals surface area contributed by atoms with Crippen molar-refractivity contribution < 1.29 is 18.0 Å². The average Bonchev–Trinajstić information content (AvgIpc) is 2.81. The number of carbonyl (C=O) groups is 2. The number of hydrogen-bond donors (Lipinski definition) is 2. The minimum Gasteiger partial charge on any atom is -0.322 e. The molecule has 4 rings (SSSR count). The molecule has 1 unspecified atom stereocenters.